The third kappa shape index (κ3) is 2.65. The lowest BCUT2D eigenvalue weighted by Gasteiger charge is -2.16. The van der Waals surface area contributed by atoms with E-state index in [1.54, 1.807) is 6.20 Å². The first-order chi connectivity index (χ1) is 10.6. The van der Waals surface area contributed by atoms with E-state index in [9.17, 15) is 4.79 Å². The highest BCUT2D eigenvalue weighted by Crippen LogP contribution is 2.27. The highest BCUT2D eigenvalue weighted by molar-refractivity contribution is 5.93. The summed E-state index contributed by atoms with van der Waals surface area (Å²) in [6, 6.07) is 0. The number of nitrogens with one attached hydrogen (secondary N) is 1. The maximum atomic E-state index is 12.4. The maximum absolute atomic E-state index is 12.4. The van der Waals surface area contributed by atoms with Gasteiger partial charge in [-0.05, 0) is 32.6 Å². The van der Waals surface area contributed by atoms with Crippen molar-refractivity contribution in [2.24, 2.45) is 5.92 Å². The number of rotatable bonds is 4. The Morgan fingerprint density at radius 2 is 2.36 bits per heavy atom. The first-order valence-electron chi connectivity index (χ1n) is 7.87. The quantitative estimate of drug-likeness (QED) is 0.940. The van der Waals surface area contributed by atoms with E-state index in [4.69, 9.17) is 4.52 Å². The van der Waals surface area contributed by atoms with Gasteiger partial charge >= 0.3 is 0 Å². The molecular formula is C16H22N4O2. The van der Waals surface area contributed by atoms with Crippen molar-refractivity contribution in [3.05, 3.63) is 34.5 Å². The van der Waals surface area contributed by atoms with Crippen LogP contribution in [0.5, 0.6) is 0 Å². The van der Waals surface area contributed by atoms with Crippen LogP contribution in [0.1, 0.15) is 53.3 Å². The molecule has 22 heavy (non-hydrogen) atoms. The smallest absolute Gasteiger partial charge is 0.274 e. The van der Waals surface area contributed by atoms with Gasteiger partial charge in [-0.2, -0.15) is 5.10 Å². The van der Waals surface area contributed by atoms with Crippen molar-refractivity contribution in [2.75, 3.05) is 0 Å². The molecule has 1 amide bonds. The number of aryl methyl sites for hydroxylation is 2. The second-order valence-electron chi connectivity index (χ2n) is 6.03. The number of nitrogens with zero attached hydrogens (tertiary/aromatic N) is 3. The van der Waals surface area contributed by atoms with Crippen molar-refractivity contribution >= 4 is 5.91 Å². The van der Waals surface area contributed by atoms with Gasteiger partial charge in [0.2, 0.25) is 0 Å². The molecule has 2 heterocycles. The molecule has 0 saturated heterocycles. The summed E-state index contributed by atoms with van der Waals surface area (Å²) in [6.45, 7) is 7.54. The molecule has 6 heteroatoms. The molecule has 0 spiro atoms. The highest BCUT2D eigenvalue weighted by atomic mass is 16.5. The van der Waals surface area contributed by atoms with Gasteiger partial charge in [0.15, 0.2) is 5.69 Å². The number of amides is 1. The van der Waals surface area contributed by atoms with Crippen LogP contribution in [0.2, 0.25) is 0 Å². The lowest BCUT2D eigenvalue weighted by Crippen LogP contribution is -2.25. The van der Waals surface area contributed by atoms with E-state index in [0.717, 1.165) is 48.4 Å². The predicted molar refractivity (Wildman–Crippen MR) is 81.5 cm³/mol. The van der Waals surface area contributed by atoms with Crippen LogP contribution < -0.4 is 5.32 Å². The van der Waals surface area contributed by atoms with Gasteiger partial charge in [0.25, 0.3) is 5.91 Å². The van der Waals surface area contributed by atoms with Gasteiger partial charge in [-0.25, -0.2) is 0 Å². The fraction of sp³-hybridized carbons (Fsp3) is 0.562. The van der Waals surface area contributed by atoms with E-state index in [1.807, 2.05) is 18.5 Å². The molecule has 3 rings (SSSR count). The van der Waals surface area contributed by atoms with Crippen molar-refractivity contribution in [3.63, 3.8) is 0 Å². The lowest BCUT2D eigenvalue weighted by atomic mass is 9.88. The Labute approximate surface area is 129 Å². The lowest BCUT2D eigenvalue weighted by molar-refractivity contribution is 0.0941. The summed E-state index contributed by atoms with van der Waals surface area (Å²) in [5.74, 6) is 1.28. The first-order valence-corrected chi connectivity index (χ1v) is 7.87. The molecule has 0 unspecified atom stereocenters. The van der Waals surface area contributed by atoms with Crippen LogP contribution in [-0.2, 0) is 25.9 Å². The minimum Gasteiger partial charge on any atom is -0.360 e. The van der Waals surface area contributed by atoms with Gasteiger partial charge in [0, 0.05) is 36.3 Å². The van der Waals surface area contributed by atoms with Gasteiger partial charge in [-0.15, -0.1) is 0 Å². The average molecular weight is 302 g/mol. The Bertz CT molecular complexity index is 686. The summed E-state index contributed by atoms with van der Waals surface area (Å²) in [6.07, 6.45) is 4.64. The molecule has 2 aromatic rings. The van der Waals surface area contributed by atoms with Crippen molar-refractivity contribution in [3.8, 4) is 0 Å². The zero-order valence-electron chi connectivity index (χ0n) is 13.3. The van der Waals surface area contributed by atoms with Crippen LogP contribution in [0, 0.1) is 12.8 Å². The van der Waals surface area contributed by atoms with Gasteiger partial charge in [-0.3, -0.25) is 9.48 Å². The van der Waals surface area contributed by atoms with E-state index in [2.05, 4.69) is 22.5 Å². The van der Waals surface area contributed by atoms with Crippen molar-refractivity contribution in [1.82, 2.24) is 20.3 Å². The molecule has 2 aromatic heterocycles. The Morgan fingerprint density at radius 1 is 1.55 bits per heavy atom. The van der Waals surface area contributed by atoms with Gasteiger partial charge < -0.3 is 9.84 Å². The molecule has 0 saturated carbocycles. The fourth-order valence-electron chi connectivity index (χ4n) is 2.99. The molecule has 1 N–H and O–H groups in total. The Morgan fingerprint density at radius 3 is 3.09 bits per heavy atom. The summed E-state index contributed by atoms with van der Waals surface area (Å²) >= 11 is 0. The first kappa shape index (κ1) is 14.8. The minimum atomic E-state index is -0.164. The molecule has 6 nitrogen and oxygen atoms in total. The zero-order valence-corrected chi connectivity index (χ0v) is 13.3. The third-order valence-corrected chi connectivity index (χ3v) is 4.45. The molecule has 0 aliphatic heterocycles. The van der Waals surface area contributed by atoms with Crippen molar-refractivity contribution in [2.45, 2.75) is 53.1 Å². The normalized spacial score (nSPS) is 17.3. The second kappa shape index (κ2) is 5.94. The van der Waals surface area contributed by atoms with Gasteiger partial charge in [0.1, 0.15) is 5.76 Å². The zero-order chi connectivity index (χ0) is 15.7. The summed E-state index contributed by atoms with van der Waals surface area (Å²) in [7, 11) is 0. The number of carbonyl (C=O) groups excluding carboxylic acids is 1. The van der Waals surface area contributed by atoms with E-state index in [-0.39, 0.29) is 5.91 Å². The number of hydrogen-bond acceptors (Lipinski definition) is 4. The van der Waals surface area contributed by atoms with Crippen LogP contribution in [0.15, 0.2) is 10.7 Å². The SMILES string of the molecule is CCn1ncc(CNC(=O)c2noc3c2C[C@@H](C)CC3)c1C. The molecule has 1 aliphatic rings. The van der Waals surface area contributed by atoms with Crippen LogP contribution in [-0.4, -0.2) is 20.8 Å². The minimum absolute atomic E-state index is 0.164. The van der Waals surface area contributed by atoms with Crippen LogP contribution >= 0.6 is 0 Å². The number of fused-ring (bicyclic) bond motifs is 1. The highest BCUT2D eigenvalue weighted by Gasteiger charge is 2.26. The molecule has 0 radical (unpaired) electrons. The standard InChI is InChI=1S/C16H22N4O2/c1-4-20-11(3)12(9-18-20)8-17-16(21)15-13-7-10(2)5-6-14(13)22-19-15/h9-10H,4-8H2,1-3H3,(H,17,21)/t10-/m0/s1. The predicted octanol–water partition coefficient (Wildman–Crippen LogP) is 2.25. The fourth-order valence-corrected chi connectivity index (χ4v) is 2.99. The monoisotopic (exact) mass is 302 g/mol. The van der Waals surface area contributed by atoms with Crippen LogP contribution in [0.25, 0.3) is 0 Å². The van der Waals surface area contributed by atoms with E-state index in [0.29, 0.717) is 18.2 Å². The molecular weight excluding hydrogens is 280 g/mol. The molecule has 118 valence electrons. The summed E-state index contributed by atoms with van der Waals surface area (Å²) in [5, 5.41) is 11.2. The molecule has 1 atom stereocenters. The largest absolute Gasteiger partial charge is 0.360 e. The number of hydrogen-bond donors (Lipinski definition) is 1. The second-order valence-corrected chi connectivity index (χ2v) is 6.03. The Kier molecular flexibility index (Phi) is 4.00. The molecule has 0 bridgehead atoms. The van der Waals surface area contributed by atoms with E-state index < -0.39 is 0 Å². The summed E-state index contributed by atoms with van der Waals surface area (Å²) in [4.78, 5) is 12.4. The van der Waals surface area contributed by atoms with Gasteiger partial charge in [0.05, 0.1) is 6.20 Å². The Balaban J connectivity index is 1.70. The number of aromatic nitrogens is 3. The van der Waals surface area contributed by atoms with Gasteiger partial charge in [-0.1, -0.05) is 12.1 Å². The number of carbonyl (C=O) groups is 1. The average Bonchev–Trinajstić information content (AvgIpc) is 3.08. The molecule has 1 aliphatic carbocycles. The van der Waals surface area contributed by atoms with E-state index in [1.165, 1.54) is 0 Å². The van der Waals surface area contributed by atoms with Crippen LogP contribution in [0.3, 0.4) is 0 Å². The van der Waals surface area contributed by atoms with Crippen molar-refractivity contribution in [1.29, 1.82) is 0 Å². The van der Waals surface area contributed by atoms with Crippen LogP contribution in [0.4, 0.5) is 0 Å². The van der Waals surface area contributed by atoms with E-state index >= 15 is 0 Å². The summed E-state index contributed by atoms with van der Waals surface area (Å²) < 4.78 is 7.24. The third-order valence-electron chi connectivity index (χ3n) is 4.45. The summed E-state index contributed by atoms with van der Waals surface area (Å²) in [5.41, 5.74) is 3.54. The maximum Gasteiger partial charge on any atom is 0.274 e. The molecule has 0 aromatic carbocycles. The topological polar surface area (TPSA) is 73.0 Å². The Hall–Kier alpha value is -2.11. The van der Waals surface area contributed by atoms with Crippen molar-refractivity contribution < 1.29 is 9.32 Å². The molecule has 0 fully saturated rings.